The van der Waals surface area contributed by atoms with Crippen LogP contribution in [0.3, 0.4) is 0 Å². The maximum atomic E-state index is 6.11. The molecular weight excluding hydrogens is 179 g/mol. The first-order valence-electron chi connectivity index (χ1n) is 5.48. The summed E-state index contributed by atoms with van der Waals surface area (Å²) < 4.78 is 6.11. The van der Waals surface area contributed by atoms with Gasteiger partial charge < -0.3 is 0 Å². The molecule has 0 N–H and O–H groups in total. The first kappa shape index (κ1) is 9.93. The normalized spacial score (nSPS) is 50.1. The van der Waals surface area contributed by atoms with Gasteiger partial charge in [-0.1, -0.05) is 20.8 Å². The molecule has 3 rings (SSSR count). The molecule has 3 heterocycles. The summed E-state index contributed by atoms with van der Waals surface area (Å²) in [6.45, 7) is 10.6. The first-order chi connectivity index (χ1) is 5.99. The predicted octanol–water partition coefficient (Wildman–Crippen LogP) is 3.26. The van der Waals surface area contributed by atoms with Crippen molar-refractivity contribution in [1.29, 1.82) is 0 Å². The van der Waals surface area contributed by atoms with Gasteiger partial charge in [0.2, 0.25) is 0 Å². The van der Waals surface area contributed by atoms with Crippen LogP contribution in [0, 0.1) is 17.3 Å². The summed E-state index contributed by atoms with van der Waals surface area (Å²) in [6, 6.07) is 0. The average molecular weight is 201 g/mol. The Hall–Kier alpha value is 0.390. The second kappa shape index (κ2) is 2.94. The molecule has 0 aromatic rings. The molecule has 0 aromatic heterocycles. The van der Waals surface area contributed by atoms with Gasteiger partial charge in [0, 0.05) is 11.3 Å². The largest absolute Gasteiger partial charge is 0.238 e. The second-order valence-electron chi connectivity index (χ2n) is 5.52. The third-order valence-electron chi connectivity index (χ3n) is 4.49. The summed E-state index contributed by atoms with van der Waals surface area (Å²) in [5, 5.41) is 0. The fraction of sp³-hybridized carbons (Fsp3) is 1.00. The molecule has 0 spiro atoms. The Bertz CT molecular complexity index is 204. The third-order valence-corrected chi connectivity index (χ3v) is 7.73. The maximum Gasteiger partial charge on any atom is 0.143 e. The van der Waals surface area contributed by atoms with Crippen molar-refractivity contribution in [3.63, 3.8) is 0 Å². The fourth-order valence-electron chi connectivity index (χ4n) is 3.18. The van der Waals surface area contributed by atoms with Gasteiger partial charge in [-0.2, -0.15) is 0 Å². The minimum Gasteiger partial charge on any atom is -0.238 e. The van der Waals surface area contributed by atoms with E-state index in [0.29, 0.717) is 5.41 Å². The number of hydrogen-bond acceptors (Lipinski definition) is 1. The van der Waals surface area contributed by atoms with E-state index < -0.39 is 7.49 Å². The van der Waals surface area contributed by atoms with Crippen molar-refractivity contribution in [3.05, 3.63) is 0 Å². The van der Waals surface area contributed by atoms with Crippen LogP contribution >= 0.6 is 7.49 Å². The van der Waals surface area contributed by atoms with Gasteiger partial charge in [-0.3, -0.25) is 0 Å². The third kappa shape index (κ3) is 1.36. The van der Waals surface area contributed by atoms with Gasteiger partial charge in [0.05, 0.1) is 25.6 Å². The molecule has 3 saturated heterocycles. The molecule has 1 nitrogen and oxygen atoms in total. The molecule has 3 atom stereocenters. The average Bonchev–Trinajstić information content (AvgIpc) is 2.03. The van der Waals surface area contributed by atoms with E-state index in [1.54, 1.807) is 0 Å². The molecule has 0 aromatic carbocycles. The van der Waals surface area contributed by atoms with Crippen LogP contribution in [0.25, 0.3) is 0 Å². The zero-order valence-electron chi connectivity index (χ0n) is 9.34. The Morgan fingerprint density at radius 3 is 2.54 bits per heavy atom. The van der Waals surface area contributed by atoms with Crippen molar-refractivity contribution in [1.82, 2.24) is 0 Å². The molecule has 2 bridgehead atoms. The van der Waals surface area contributed by atoms with Gasteiger partial charge >= 0.3 is 0 Å². The van der Waals surface area contributed by atoms with E-state index in [-0.39, 0.29) is 0 Å². The Labute approximate surface area is 82.7 Å². The summed E-state index contributed by atoms with van der Waals surface area (Å²) >= 11 is 0. The Balaban J connectivity index is 2.24. The smallest absolute Gasteiger partial charge is 0.143 e. The minimum atomic E-state index is -0.917. The second-order valence-corrected chi connectivity index (χ2v) is 9.18. The van der Waals surface area contributed by atoms with E-state index >= 15 is 0 Å². The molecule has 76 valence electrons. The molecule has 2 heteroatoms. The van der Waals surface area contributed by atoms with Crippen LogP contribution in [0.2, 0.25) is 0 Å². The topological polar surface area (TPSA) is 9.23 Å². The van der Waals surface area contributed by atoms with Crippen molar-refractivity contribution in [2.24, 2.45) is 17.3 Å². The van der Waals surface area contributed by atoms with Gasteiger partial charge in [-0.25, -0.2) is 4.52 Å². The lowest BCUT2D eigenvalue weighted by molar-refractivity contribution is 0.00841. The van der Waals surface area contributed by atoms with E-state index in [4.69, 9.17) is 4.52 Å². The van der Waals surface area contributed by atoms with Crippen LogP contribution in [-0.2, 0) is 4.52 Å². The van der Waals surface area contributed by atoms with E-state index in [2.05, 4.69) is 27.4 Å². The molecule has 0 aliphatic carbocycles. The van der Waals surface area contributed by atoms with Crippen LogP contribution in [-0.4, -0.2) is 25.6 Å². The Morgan fingerprint density at radius 2 is 2.15 bits per heavy atom. The van der Waals surface area contributed by atoms with Gasteiger partial charge in [0.1, 0.15) is 7.49 Å². The summed E-state index contributed by atoms with van der Waals surface area (Å²) in [6.07, 6.45) is 4.19. The molecule has 3 aliphatic heterocycles. The standard InChI is InChI=1S/C11H22OP/c1-9(2)11-5-6-13(4,12-8-11)7-10(11)3/h9-10H,5-8H2,1-4H3/q+1. The van der Waals surface area contributed by atoms with E-state index in [0.717, 1.165) is 18.4 Å². The highest BCUT2D eigenvalue weighted by atomic mass is 31.2. The molecule has 0 amide bonds. The predicted molar refractivity (Wildman–Crippen MR) is 59.6 cm³/mol. The lowest BCUT2D eigenvalue weighted by Crippen LogP contribution is -2.49. The Morgan fingerprint density at radius 1 is 1.46 bits per heavy atom. The highest BCUT2D eigenvalue weighted by molar-refractivity contribution is 7.70. The number of rotatable bonds is 1. The van der Waals surface area contributed by atoms with E-state index in [1.165, 1.54) is 18.7 Å². The fourth-order valence-corrected chi connectivity index (χ4v) is 6.56. The minimum absolute atomic E-state index is 0.526. The maximum absolute atomic E-state index is 6.11. The zero-order valence-corrected chi connectivity index (χ0v) is 10.2. The molecule has 0 radical (unpaired) electrons. The summed E-state index contributed by atoms with van der Waals surface area (Å²) in [7, 11) is -0.917. The van der Waals surface area contributed by atoms with Crippen molar-refractivity contribution in [2.75, 3.05) is 25.6 Å². The van der Waals surface area contributed by atoms with Gasteiger partial charge in [-0.15, -0.1) is 0 Å². The molecule has 3 unspecified atom stereocenters. The molecular formula is C11H22OP+. The SMILES string of the molecule is CC(C)C12CC[P+](C)(CC1C)OC2. The van der Waals surface area contributed by atoms with E-state index in [1.807, 2.05) is 0 Å². The molecule has 0 saturated carbocycles. The van der Waals surface area contributed by atoms with Crippen LogP contribution in [0.1, 0.15) is 27.2 Å². The van der Waals surface area contributed by atoms with Crippen LogP contribution in [0.4, 0.5) is 0 Å². The van der Waals surface area contributed by atoms with Gasteiger partial charge in [0.15, 0.2) is 0 Å². The van der Waals surface area contributed by atoms with Crippen LogP contribution < -0.4 is 0 Å². The Kier molecular flexibility index (Phi) is 2.24. The first-order valence-corrected chi connectivity index (χ1v) is 8.00. The van der Waals surface area contributed by atoms with Crippen molar-refractivity contribution in [3.8, 4) is 0 Å². The lowest BCUT2D eigenvalue weighted by Gasteiger charge is -2.52. The molecule has 3 fully saturated rings. The lowest BCUT2D eigenvalue weighted by atomic mass is 9.67. The quantitative estimate of drug-likeness (QED) is 0.592. The number of fused-ring (bicyclic) bond motifs is 3. The van der Waals surface area contributed by atoms with Crippen molar-refractivity contribution >= 4 is 7.49 Å². The van der Waals surface area contributed by atoms with Crippen molar-refractivity contribution in [2.45, 2.75) is 27.2 Å². The summed E-state index contributed by atoms with van der Waals surface area (Å²) in [5.41, 5.74) is 0.526. The monoisotopic (exact) mass is 201 g/mol. The highest BCUT2D eigenvalue weighted by Crippen LogP contribution is 2.70. The van der Waals surface area contributed by atoms with Crippen LogP contribution in [0.5, 0.6) is 0 Å². The van der Waals surface area contributed by atoms with Crippen molar-refractivity contribution < 1.29 is 4.52 Å². The summed E-state index contributed by atoms with van der Waals surface area (Å²) in [5.74, 6) is 1.69. The molecule has 13 heavy (non-hydrogen) atoms. The van der Waals surface area contributed by atoms with E-state index in [9.17, 15) is 0 Å². The van der Waals surface area contributed by atoms with Crippen LogP contribution in [0.15, 0.2) is 0 Å². The van der Waals surface area contributed by atoms with Gasteiger partial charge in [-0.05, 0) is 12.3 Å². The van der Waals surface area contributed by atoms with Gasteiger partial charge in [0.25, 0.3) is 0 Å². The molecule has 3 aliphatic rings. The zero-order chi connectivity index (χ0) is 9.69. The summed E-state index contributed by atoms with van der Waals surface area (Å²) in [4.78, 5) is 0. The number of hydrogen-bond donors (Lipinski definition) is 0. The highest BCUT2D eigenvalue weighted by Gasteiger charge is 2.58.